The van der Waals surface area contributed by atoms with Gasteiger partial charge in [0.1, 0.15) is 17.7 Å². The zero-order valence-electron chi connectivity index (χ0n) is 35.0. The van der Waals surface area contributed by atoms with Gasteiger partial charge in [-0.1, -0.05) is 27.7 Å². The third-order valence-corrected chi connectivity index (χ3v) is 13.2. The number of aliphatic hydroxyl groups excluding tert-OH is 2. The Morgan fingerprint density at radius 2 is 1.35 bits per heavy atom. The maximum absolute atomic E-state index is 14.5. The number of fused-ring (bicyclic) bond motifs is 8. The number of ether oxygens (including phenoxy) is 3. The van der Waals surface area contributed by atoms with Crippen LogP contribution in [0.2, 0.25) is 0 Å². The number of rotatable bonds is 12. The summed E-state index contributed by atoms with van der Waals surface area (Å²) in [7, 11) is 0. The largest absolute Gasteiger partial charge is 0.494 e. The number of hydrogen-bond donors (Lipinski definition) is 2. The fourth-order valence-corrected chi connectivity index (χ4v) is 10.5. The maximum atomic E-state index is 14.5. The van der Waals surface area contributed by atoms with E-state index in [0.717, 1.165) is 48.8 Å². The van der Waals surface area contributed by atoms with Crippen molar-refractivity contribution in [3.8, 4) is 11.5 Å². The SMILES string of the molecule is CCOc1ccc(N2CC3CN(C(=O)N(CCO)CCOC4C5CN(c6ccc(OCC)cc6)C(CN4C(=O)N4CCC(O)C4)C(C)(C)C5)CC2C(C)(C)C3)cc1. The van der Waals surface area contributed by atoms with Gasteiger partial charge in [0.2, 0.25) is 0 Å². The number of hydrogen-bond acceptors (Lipinski definition) is 9. The highest BCUT2D eigenvalue weighted by Crippen LogP contribution is 2.47. The molecule has 7 aliphatic rings. The lowest BCUT2D eigenvalue weighted by atomic mass is 9.73. The minimum Gasteiger partial charge on any atom is -0.494 e. The summed E-state index contributed by atoms with van der Waals surface area (Å²) >= 11 is 0. The Bertz CT molecular complexity index is 1670. The Morgan fingerprint density at radius 3 is 1.93 bits per heavy atom. The fraction of sp³-hybridized carbons (Fsp3) is 0.682. The molecule has 4 bridgehead atoms. The van der Waals surface area contributed by atoms with Crippen molar-refractivity contribution in [1.82, 2.24) is 19.6 Å². The third kappa shape index (κ3) is 8.76. The van der Waals surface area contributed by atoms with Crippen LogP contribution in [0.5, 0.6) is 11.5 Å². The monoisotopic (exact) mass is 790 g/mol. The van der Waals surface area contributed by atoms with Crippen LogP contribution < -0.4 is 19.3 Å². The second kappa shape index (κ2) is 17.1. The van der Waals surface area contributed by atoms with Gasteiger partial charge in [-0.2, -0.15) is 0 Å². The number of benzene rings is 2. The van der Waals surface area contributed by atoms with Gasteiger partial charge in [0.25, 0.3) is 0 Å². The van der Waals surface area contributed by atoms with Gasteiger partial charge in [-0.15, -0.1) is 0 Å². The van der Waals surface area contributed by atoms with Crippen LogP contribution in [-0.2, 0) is 4.74 Å². The van der Waals surface area contributed by atoms with Crippen LogP contribution >= 0.6 is 0 Å². The molecule has 2 aromatic rings. The molecule has 4 amide bonds. The van der Waals surface area contributed by atoms with E-state index in [1.54, 1.807) is 9.80 Å². The summed E-state index contributed by atoms with van der Waals surface area (Å²) in [4.78, 5) is 41.1. The average molecular weight is 791 g/mol. The molecule has 7 fully saturated rings. The van der Waals surface area contributed by atoms with E-state index in [1.807, 2.05) is 47.9 Å². The highest BCUT2D eigenvalue weighted by Gasteiger charge is 2.53. The molecule has 6 unspecified atom stereocenters. The van der Waals surface area contributed by atoms with Crippen LogP contribution in [0.4, 0.5) is 21.0 Å². The highest BCUT2D eigenvalue weighted by molar-refractivity contribution is 5.76. The van der Waals surface area contributed by atoms with Crippen molar-refractivity contribution in [1.29, 1.82) is 0 Å². The summed E-state index contributed by atoms with van der Waals surface area (Å²) in [5.41, 5.74) is 2.09. The number of nitrogens with zero attached hydrogens (tertiary/aromatic N) is 6. The molecule has 0 aromatic heterocycles. The van der Waals surface area contributed by atoms with E-state index in [-0.39, 0.29) is 60.7 Å². The van der Waals surface area contributed by atoms with Crippen molar-refractivity contribution in [3.63, 3.8) is 0 Å². The molecule has 2 aromatic carbocycles. The summed E-state index contributed by atoms with van der Waals surface area (Å²) in [6, 6.07) is 16.5. The number of carbonyl (C=O) groups excluding carboxylic acids is 2. The summed E-state index contributed by atoms with van der Waals surface area (Å²) in [6.07, 6.45) is 1.42. The quantitative estimate of drug-likeness (QED) is 0.299. The third-order valence-electron chi connectivity index (χ3n) is 13.2. The number of amides is 4. The zero-order valence-corrected chi connectivity index (χ0v) is 35.0. The van der Waals surface area contributed by atoms with E-state index >= 15 is 0 Å². The molecule has 314 valence electrons. The van der Waals surface area contributed by atoms with Crippen molar-refractivity contribution in [2.75, 3.05) is 95.1 Å². The van der Waals surface area contributed by atoms with Gasteiger partial charge in [-0.05, 0) is 98.4 Å². The normalized spacial score (nSPS) is 27.7. The smallest absolute Gasteiger partial charge is 0.322 e. The summed E-state index contributed by atoms with van der Waals surface area (Å²) in [6.45, 7) is 19.1. The van der Waals surface area contributed by atoms with Crippen LogP contribution in [-0.4, -0.2) is 152 Å². The lowest BCUT2D eigenvalue weighted by molar-refractivity contribution is -0.0739. The summed E-state index contributed by atoms with van der Waals surface area (Å²) < 4.78 is 18.3. The summed E-state index contributed by atoms with van der Waals surface area (Å²) in [5, 5.41) is 20.6. The molecule has 2 N–H and O–H groups in total. The average Bonchev–Trinajstić information content (AvgIpc) is 3.29. The van der Waals surface area contributed by atoms with Crippen LogP contribution in [0, 0.1) is 22.7 Å². The van der Waals surface area contributed by atoms with Gasteiger partial charge in [0.05, 0.1) is 44.6 Å². The van der Waals surface area contributed by atoms with Crippen molar-refractivity contribution >= 4 is 23.4 Å². The molecule has 0 saturated carbocycles. The topological polar surface area (TPSA) is 122 Å². The van der Waals surface area contributed by atoms with Gasteiger partial charge >= 0.3 is 12.1 Å². The van der Waals surface area contributed by atoms with E-state index in [2.05, 4.69) is 61.8 Å². The van der Waals surface area contributed by atoms with Gasteiger partial charge in [-0.3, -0.25) is 4.90 Å². The first-order valence-electron chi connectivity index (χ1n) is 21.3. The summed E-state index contributed by atoms with van der Waals surface area (Å²) in [5.74, 6) is 1.98. The van der Waals surface area contributed by atoms with Gasteiger partial charge in [-0.25, -0.2) is 9.59 Å². The molecule has 7 heterocycles. The highest BCUT2D eigenvalue weighted by atomic mass is 16.5. The Morgan fingerprint density at radius 1 is 0.754 bits per heavy atom. The number of anilines is 2. The Balaban J connectivity index is 1.08. The standard InChI is InChI=1S/C44H66N6O7/c1-7-55-36-13-9-33(10-14-36)48-26-31-23-43(3,4)38(48)29-47(25-31)41(53)45(19-21-51)20-22-57-40-32-24-44(5,6)39(30-50(40)42(54)46-18-17-35(52)28-46)49(27-32)34-11-15-37(16-12-34)56-8-2/h9-16,31-32,35,38-40,51-52H,7-8,17-30H2,1-6H3. The molecule has 13 heteroatoms. The first-order chi connectivity index (χ1) is 27.3. The lowest BCUT2D eigenvalue weighted by Crippen LogP contribution is -2.55. The maximum Gasteiger partial charge on any atom is 0.322 e. The number of piperidine rings is 2. The van der Waals surface area contributed by atoms with Gasteiger partial charge in [0, 0.05) is 76.2 Å². The Hall–Kier alpha value is -3.94. The molecule has 57 heavy (non-hydrogen) atoms. The number of β-amino-alcohol motifs (C(OH)–C–C–N with tert-alkyl or cyclic N) is 1. The minimum absolute atomic E-state index is 0.000773. The fourth-order valence-electron chi connectivity index (χ4n) is 10.5. The van der Waals surface area contributed by atoms with Crippen molar-refractivity contribution in [2.24, 2.45) is 22.7 Å². The Labute approximate surface area is 339 Å². The first-order valence-corrected chi connectivity index (χ1v) is 21.3. The number of aliphatic hydroxyl groups is 2. The molecule has 13 nitrogen and oxygen atoms in total. The van der Waals surface area contributed by atoms with Crippen LogP contribution in [0.15, 0.2) is 48.5 Å². The number of urea groups is 2. The number of likely N-dealkylation sites (tertiary alicyclic amines) is 1. The molecular weight excluding hydrogens is 725 g/mol. The van der Waals surface area contributed by atoms with Crippen molar-refractivity contribution < 1.29 is 34.0 Å². The van der Waals surface area contributed by atoms with E-state index in [0.29, 0.717) is 64.8 Å². The minimum atomic E-state index is -0.528. The molecule has 6 atom stereocenters. The van der Waals surface area contributed by atoms with Crippen molar-refractivity contribution in [3.05, 3.63) is 48.5 Å². The molecule has 0 spiro atoms. The van der Waals surface area contributed by atoms with Gasteiger partial charge < -0.3 is 48.9 Å². The second-order valence-corrected chi connectivity index (χ2v) is 18.2. The molecule has 0 aliphatic carbocycles. The zero-order chi connectivity index (χ0) is 40.5. The van der Waals surface area contributed by atoms with E-state index in [9.17, 15) is 19.8 Å². The van der Waals surface area contributed by atoms with Crippen LogP contribution in [0.3, 0.4) is 0 Å². The Kier molecular flexibility index (Phi) is 12.4. The molecule has 7 saturated heterocycles. The van der Waals surface area contributed by atoms with E-state index in [4.69, 9.17) is 14.2 Å². The molecular formula is C44H66N6O7. The van der Waals surface area contributed by atoms with E-state index in [1.165, 1.54) is 0 Å². The second-order valence-electron chi connectivity index (χ2n) is 18.2. The first kappa shape index (κ1) is 41.2. The van der Waals surface area contributed by atoms with Gasteiger partial charge in [0.15, 0.2) is 0 Å². The predicted octanol–water partition coefficient (Wildman–Crippen LogP) is 5.20. The van der Waals surface area contributed by atoms with Crippen LogP contribution in [0.1, 0.15) is 60.8 Å². The van der Waals surface area contributed by atoms with Crippen LogP contribution in [0.25, 0.3) is 0 Å². The van der Waals surface area contributed by atoms with E-state index < -0.39 is 12.3 Å². The lowest BCUT2D eigenvalue weighted by Gasteiger charge is -2.48. The predicted molar refractivity (Wildman–Crippen MR) is 221 cm³/mol. The van der Waals surface area contributed by atoms with Crippen molar-refractivity contribution in [2.45, 2.75) is 85.2 Å². The molecule has 9 rings (SSSR count). The number of carbonyl (C=O) groups is 2. The molecule has 0 radical (unpaired) electrons. The molecule has 7 aliphatic heterocycles.